The first-order valence-corrected chi connectivity index (χ1v) is 4.80. The second-order valence-corrected chi connectivity index (χ2v) is 3.37. The first-order chi connectivity index (χ1) is 5.57. The van der Waals surface area contributed by atoms with Crippen LogP contribution in [0.2, 0.25) is 0 Å². The number of urea groups is 1. The number of nitrogens with one attached hydrogen (secondary N) is 1. The number of nitrogens with two attached hydrogens (primary N) is 1. The molecule has 1 unspecified atom stereocenters. The highest BCUT2D eigenvalue weighted by atomic mass is 127. The molecule has 0 bridgehead atoms. The quantitative estimate of drug-likeness (QED) is 0.597. The van der Waals surface area contributed by atoms with Crippen LogP contribution in [0.1, 0.15) is 20.3 Å². The maximum Gasteiger partial charge on any atom is 0.312 e. The predicted molar refractivity (Wildman–Crippen MR) is 57.8 cm³/mol. The molecule has 12 heavy (non-hydrogen) atoms. The van der Waals surface area contributed by atoms with Crippen LogP contribution in [-0.4, -0.2) is 12.1 Å². The van der Waals surface area contributed by atoms with E-state index in [1.807, 2.05) is 36.4 Å². The largest absolute Gasteiger partial charge is 0.352 e. The maximum absolute atomic E-state index is 10.5. The van der Waals surface area contributed by atoms with Crippen molar-refractivity contribution in [2.75, 3.05) is 0 Å². The highest BCUT2D eigenvalue weighted by molar-refractivity contribution is 14.1. The number of amides is 2. The zero-order chi connectivity index (χ0) is 9.56. The van der Waals surface area contributed by atoms with Gasteiger partial charge in [0.15, 0.2) is 0 Å². The van der Waals surface area contributed by atoms with Crippen LogP contribution in [0.4, 0.5) is 4.79 Å². The van der Waals surface area contributed by atoms with Crippen molar-refractivity contribution in [3.8, 4) is 9.85 Å². The van der Waals surface area contributed by atoms with E-state index < -0.39 is 6.03 Å². The summed E-state index contributed by atoms with van der Waals surface area (Å²) in [6.45, 7) is 4.05. The molecule has 0 aromatic rings. The van der Waals surface area contributed by atoms with E-state index in [2.05, 4.69) is 15.2 Å². The Morgan fingerprint density at radius 3 is 2.58 bits per heavy atom. The molecule has 0 saturated heterocycles. The van der Waals surface area contributed by atoms with E-state index in [-0.39, 0.29) is 6.04 Å². The van der Waals surface area contributed by atoms with Gasteiger partial charge in [-0.2, -0.15) is 0 Å². The summed E-state index contributed by atoms with van der Waals surface area (Å²) in [4.78, 5) is 10.5. The summed E-state index contributed by atoms with van der Waals surface area (Å²) in [5, 5.41) is 2.65. The Kier molecular flexibility index (Phi) is 5.89. The Balaban J connectivity index is 4.01. The smallest absolute Gasteiger partial charge is 0.312 e. The summed E-state index contributed by atoms with van der Waals surface area (Å²) in [7, 11) is 0. The van der Waals surface area contributed by atoms with Gasteiger partial charge in [-0.25, -0.2) is 4.79 Å². The molecule has 0 aromatic heterocycles. The molecule has 2 amide bonds. The molecule has 0 spiro atoms. The molecule has 3 nitrogen and oxygen atoms in total. The number of rotatable bonds is 3. The number of carbonyl (C=O) groups excluding carboxylic acids is 1. The molecule has 3 N–H and O–H groups in total. The Labute approximate surface area is 86.6 Å². The number of hydrogen-bond donors (Lipinski definition) is 2. The van der Waals surface area contributed by atoms with Crippen molar-refractivity contribution in [3.05, 3.63) is 0 Å². The van der Waals surface area contributed by atoms with Gasteiger partial charge in [0.25, 0.3) is 0 Å². The fraction of sp³-hybridized carbons (Fsp3) is 0.625. The van der Waals surface area contributed by atoms with Crippen LogP contribution in [0.5, 0.6) is 0 Å². The summed E-state index contributed by atoms with van der Waals surface area (Å²) < 4.78 is 2.75. The van der Waals surface area contributed by atoms with E-state index in [0.717, 1.165) is 0 Å². The first-order valence-electron chi connectivity index (χ1n) is 3.72. The summed E-state index contributed by atoms with van der Waals surface area (Å²) >= 11 is 1.97. The van der Waals surface area contributed by atoms with Crippen LogP contribution >= 0.6 is 22.6 Å². The highest BCUT2D eigenvalue weighted by Crippen LogP contribution is 2.04. The predicted octanol–water partition coefficient (Wildman–Crippen LogP) is 1.47. The lowest BCUT2D eigenvalue weighted by Gasteiger charge is -2.18. The van der Waals surface area contributed by atoms with Crippen molar-refractivity contribution < 1.29 is 4.79 Å². The third-order valence-corrected chi connectivity index (χ3v) is 1.90. The van der Waals surface area contributed by atoms with Gasteiger partial charge in [0.2, 0.25) is 0 Å². The van der Waals surface area contributed by atoms with Gasteiger partial charge in [-0.1, -0.05) is 19.8 Å². The molecular weight excluding hydrogens is 267 g/mol. The summed E-state index contributed by atoms with van der Waals surface area (Å²) in [6, 6.07) is -0.422. The van der Waals surface area contributed by atoms with Gasteiger partial charge < -0.3 is 11.1 Å². The fourth-order valence-corrected chi connectivity index (χ4v) is 1.00. The topological polar surface area (TPSA) is 55.1 Å². The Hall–Kier alpha value is -0.440. The van der Waals surface area contributed by atoms with E-state index in [1.54, 1.807) is 0 Å². The molecule has 0 heterocycles. The van der Waals surface area contributed by atoms with Crippen molar-refractivity contribution in [2.24, 2.45) is 11.7 Å². The third kappa shape index (κ3) is 5.24. The number of hydrogen-bond acceptors (Lipinski definition) is 1. The molecule has 1 atom stereocenters. The highest BCUT2D eigenvalue weighted by Gasteiger charge is 2.12. The molecule has 4 heteroatoms. The monoisotopic (exact) mass is 280 g/mol. The minimum Gasteiger partial charge on any atom is -0.352 e. The van der Waals surface area contributed by atoms with Crippen LogP contribution in [0.3, 0.4) is 0 Å². The molecule has 0 aromatic carbocycles. The van der Waals surface area contributed by atoms with Gasteiger partial charge >= 0.3 is 6.03 Å². The maximum atomic E-state index is 10.5. The van der Waals surface area contributed by atoms with Crippen molar-refractivity contribution in [1.82, 2.24) is 5.32 Å². The fourth-order valence-electron chi connectivity index (χ4n) is 0.785. The van der Waals surface area contributed by atoms with Crippen molar-refractivity contribution >= 4 is 28.6 Å². The molecule has 0 rings (SSSR count). The van der Waals surface area contributed by atoms with Crippen LogP contribution in [-0.2, 0) is 0 Å². The van der Waals surface area contributed by atoms with Crippen LogP contribution in [0, 0.1) is 15.8 Å². The second-order valence-electron chi connectivity index (χ2n) is 2.83. The lowest BCUT2D eigenvalue weighted by molar-refractivity contribution is 0.241. The normalized spacial score (nSPS) is 11.7. The summed E-state index contributed by atoms with van der Waals surface area (Å²) in [5.74, 6) is 3.26. The van der Waals surface area contributed by atoms with Crippen LogP contribution in [0.15, 0.2) is 0 Å². The lowest BCUT2D eigenvalue weighted by Crippen LogP contribution is -2.41. The van der Waals surface area contributed by atoms with E-state index in [0.29, 0.717) is 12.3 Å². The van der Waals surface area contributed by atoms with Crippen molar-refractivity contribution in [3.63, 3.8) is 0 Å². The van der Waals surface area contributed by atoms with Crippen molar-refractivity contribution in [1.29, 1.82) is 0 Å². The third-order valence-electron chi connectivity index (χ3n) is 1.52. The number of carbonyl (C=O) groups is 1. The molecule has 0 aliphatic rings. The minimum absolute atomic E-state index is 0.0600. The van der Waals surface area contributed by atoms with E-state index in [9.17, 15) is 4.79 Å². The van der Waals surface area contributed by atoms with Gasteiger partial charge in [0.1, 0.15) is 0 Å². The van der Waals surface area contributed by atoms with Crippen LogP contribution in [0.25, 0.3) is 0 Å². The molecule has 68 valence electrons. The van der Waals surface area contributed by atoms with Gasteiger partial charge in [0.05, 0.1) is 0 Å². The summed E-state index contributed by atoms with van der Waals surface area (Å²) in [6.07, 6.45) is 0.656. The van der Waals surface area contributed by atoms with Crippen molar-refractivity contribution in [2.45, 2.75) is 26.3 Å². The van der Waals surface area contributed by atoms with Gasteiger partial charge in [-0.15, -0.1) is 0 Å². The van der Waals surface area contributed by atoms with E-state index in [4.69, 9.17) is 5.73 Å². The van der Waals surface area contributed by atoms with Crippen LogP contribution < -0.4 is 11.1 Å². The van der Waals surface area contributed by atoms with E-state index in [1.165, 1.54) is 0 Å². The SMILES string of the molecule is CC(C)C(CC#CI)NC(N)=O. The minimum atomic E-state index is -0.482. The molecule has 0 radical (unpaired) electrons. The second kappa shape index (κ2) is 6.12. The van der Waals surface area contributed by atoms with Gasteiger partial charge in [0, 0.05) is 35.1 Å². The Morgan fingerprint density at radius 1 is 1.67 bits per heavy atom. The van der Waals surface area contributed by atoms with E-state index >= 15 is 0 Å². The lowest BCUT2D eigenvalue weighted by atomic mass is 10.0. The first kappa shape index (κ1) is 11.6. The average Bonchev–Trinajstić information content (AvgIpc) is 1.96. The van der Waals surface area contributed by atoms with Gasteiger partial charge in [-0.3, -0.25) is 0 Å². The average molecular weight is 280 g/mol. The summed E-state index contributed by atoms with van der Waals surface area (Å²) in [5.41, 5.74) is 5.00. The number of halogens is 1. The molecule has 0 saturated carbocycles. The molecule has 0 aliphatic carbocycles. The zero-order valence-electron chi connectivity index (χ0n) is 7.23. The van der Waals surface area contributed by atoms with Gasteiger partial charge in [-0.05, 0) is 9.85 Å². The zero-order valence-corrected chi connectivity index (χ0v) is 9.38. The molecule has 0 aliphatic heterocycles. The molecular formula is C8H13IN2O. The molecule has 0 fully saturated rings. The Bertz CT molecular complexity index is 205. The Morgan fingerprint density at radius 2 is 2.25 bits per heavy atom. The standard InChI is InChI=1S/C8H13IN2O/c1-6(2)7(4-3-5-9)11-8(10)12/h6-7H,4H2,1-2H3,(H3,10,11,12). The number of primary amides is 1.